The third kappa shape index (κ3) is 4.08. The highest BCUT2D eigenvalue weighted by atomic mass is 35.5. The van der Waals surface area contributed by atoms with Crippen LogP contribution in [0.2, 0.25) is 5.02 Å². The van der Waals surface area contributed by atoms with Crippen molar-refractivity contribution >= 4 is 23.5 Å². The number of hydrogen-bond acceptors (Lipinski definition) is 4. The maximum Gasteiger partial charge on any atom is 0.322 e. The van der Waals surface area contributed by atoms with Crippen LogP contribution in [-0.4, -0.2) is 16.1 Å². The summed E-state index contributed by atoms with van der Waals surface area (Å²) in [6.07, 6.45) is 0.432. The van der Waals surface area contributed by atoms with Crippen molar-refractivity contribution < 1.29 is 13.6 Å². The van der Waals surface area contributed by atoms with Gasteiger partial charge < -0.3 is 4.42 Å². The number of carbonyl (C=O) groups excluding carboxylic acids is 1. The molecule has 0 aliphatic heterocycles. The van der Waals surface area contributed by atoms with Gasteiger partial charge in [-0.25, -0.2) is 4.39 Å². The Morgan fingerprint density at radius 1 is 1.19 bits per heavy atom. The Labute approximate surface area is 155 Å². The van der Waals surface area contributed by atoms with Crippen LogP contribution in [0.4, 0.5) is 10.4 Å². The summed E-state index contributed by atoms with van der Waals surface area (Å²) in [5, 5.41) is 10.0. The van der Waals surface area contributed by atoms with Gasteiger partial charge in [0.2, 0.25) is 5.89 Å². The van der Waals surface area contributed by atoms with Crippen LogP contribution >= 0.6 is 11.6 Å². The van der Waals surface area contributed by atoms with Crippen molar-refractivity contribution in [3.05, 3.63) is 75.9 Å². The highest BCUT2D eigenvalue weighted by molar-refractivity contribution is 6.34. The van der Waals surface area contributed by atoms with Gasteiger partial charge in [0.05, 0.1) is 17.0 Å². The van der Waals surface area contributed by atoms with Crippen molar-refractivity contribution in [3.8, 4) is 0 Å². The van der Waals surface area contributed by atoms with E-state index in [1.165, 1.54) is 17.7 Å². The molecule has 3 aromatic rings. The first-order chi connectivity index (χ1) is 12.4. The van der Waals surface area contributed by atoms with Crippen molar-refractivity contribution in [3.63, 3.8) is 0 Å². The Hall–Kier alpha value is -2.73. The van der Waals surface area contributed by atoms with Gasteiger partial charge in [0, 0.05) is 0 Å². The Balaban J connectivity index is 1.69. The Morgan fingerprint density at radius 3 is 2.58 bits per heavy atom. The molecule has 1 aromatic heterocycles. The Bertz CT molecular complexity index is 903. The predicted octanol–water partition coefficient (Wildman–Crippen LogP) is 4.83. The van der Waals surface area contributed by atoms with Gasteiger partial charge in [-0.05, 0) is 29.2 Å². The minimum atomic E-state index is -0.746. The zero-order chi connectivity index (χ0) is 18.7. The summed E-state index contributed by atoms with van der Waals surface area (Å²) in [5.74, 6) is -0.665. The first-order valence-electron chi connectivity index (χ1n) is 8.10. The third-order valence-corrected chi connectivity index (χ3v) is 4.19. The molecule has 26 heavy (non-hydrogen) atoms. The quantitative estimate of drug-likeness (QED) is 0.695. The van der Waals surface area contributed by atoms with Crippen LogP contribution in [0.5, 0.6) is 0 Å². The lowest BCUT2D eigenvalue weighted by Gasteiger charge is -2.05. The molecule has 0 fully saturated rings. The third-order valence-electron chi connectivity index (χ3n) is 3.88. The molecule has 0 saturated heterocycles. The second kappa shape index (κ2) is 7.66. The molecule has 0 aliphatic carbocycles. The number of hydrogen-bond donors (Lipinski definition) is 1. The van der Waals surface area contributed by atoms with E-state index in [1.807, 2.05) is 12.1 Å². The zero-order valence-corrected chi connectivity index (χ0v) is 15.0. The molecule has 0 atom stereocenters. The van der Waals surface area contributed by atoms with Gasteiger partial charge in [-0.2, -0.15) is 0 Å². The lowest BCUT2D eigenvalue weighted by Crippen LogP contribution is -2.14. The van der Waals surface area contributed by atoms with Crippen LogP contribution in [-0.2, 0) is 6.42 Å². The largest absolute Gasteiger partial charge is 0.407 e. The number of halogens is 2. The molecule has 0 spiro atoms. The molecule has 1 N–H and O–H groups in total. The van der Waals surface area contributed by atoms with Gasteiger partial charge in [0.25, 0.3) is 5.91 Å². The summed E-state index contributed by atoms with van der Waals surface area (Å²) in [5.41, 5.74) is 1.99. The van der Waals surface area contributed by atoms with Crippen molar-refractivity contribution in [2.45, 2.75) is 26.2 Å². The summed E-state index contributed by atoms with van der Waals surface area (Å²) in [4.78, 5) is 12.2. The molecule has 1 amide bonds. The van der Waals surface area contributed by atoms with E-state index in [2.05, 4.69) is 41.5 Å². The average Bonchev–Trinajstić information content (AvgIpc) is 3.02. The summed E-state index contributed by atoms with van der Waals surface area (Å²) >= 11 is 5.87. The molecule has 0 bridgehead atoms. The zero-order valence-electron chi connectivity index (χ0n) is 14.3. The highest BCUT2D eigenvalue weighted by Gasteiger charge is 2.18. The first kappa shape index (κ1) is 18.1. The smallest absolute Gasteiger partial charge is 0.322 e. The number of amides is 1. The van der Waals surface area contributed by atoms with Gasteiger partial charge in [-0.15, -0.1) is 5.10 Å². The second-order valence-electron chi connectivity index (χ2n) is 6.12. The number of nitrogens with zero attached hydrogens (tertiary/aromatic N) is 2. The summed E-state index contributed by atoms with van der Waals surface area (Å²) < 4.78 is 19.2. The minimum absolute atomic E-state index is 0.00693. The monoisotopic (exact) mass is 373 g/mol. The standard InChI is InChI=1S/C19H17ClFN3O2/c1-11(2)13-8-6-12(7-9-13)10-16-23-24-19(26-16)22-18(25)17-14(20)4-3-5-15(17)21/h3-9,11H,10H2,1-2H3,(H,22,24,25). The number of aromatic nitrogens is 2. The first-order valence-corrected chi connectivity index (χ1v) is 8.48. The SMILES string of the molecule is CC(C)c1ccc(Cc2nnc(NC(=O)c3c(F)cccc3Cl)o2)cc1. The summed E-state index contributed by atoms with van der Waals surface area (Å²) in [6, 6.07) is 12.0. The van der Waals surface area contributed by atoms with Crippen LogP contribution in [0, 0.1) is 5.82 Å². The van der Waals surface area contributed by atoms with Gasteiger partial charge in [-0.1, -0.05) is 60.9 Å². The van der Waals surface area contributed by atoms with E-state index < -0.39 is 11.7 Å². The molecule has 0 radical (unpaired) electrons. The summed E-state index contributed by atoms with van der Waals surface area (Å²) in [6.45, 7) is 4.26. The highest BCUT2D eigenvalue weighted by Crippen LogP contribution is 2.21. The Kier molecular flexibility index (Phi) is 5.32. The van der Waals surface area contributed by atoms with Crippen LogP contribution < -0.4 is 5.32 Å². The fourth-order valence-electron chi connectivity index (χ4n) is 2.44. The normalized spacial score (nSPS) is 11.0. The van der Waals surface area contributed by atoms with Crippen LogP contribution in [0.3, 0.4) is 0 Å². The van der Waals surface area contributed by atoms with Gasteiger partial charge in [0.15, 0.2) is 0 Å². The molecule has 2 aromatic carbocycles. The van der Waals surface area contributed by atoms with Crippen molar-refractivity contribution in [1.82, 2.24) is 10.2 Å². The molecule has 0 unspecified atom stereocenters. The number of anilines is 1. The maximum atomic E-state index is 13.8. The maximum absolute atomic E-state index is 13.8. The topological polar surface area (TPSA) is 68.0 Å². The molecule has 0 aliphatic rings. The lowest BCUT2D eigenvalue weighted by atomic mass is 10.0. The van der Waals surface area contributed by atoms with E-state index in [1.54, 1.807) is 0 Å². The van der Waals surface area contributed by atoms with E-state index in [0.29, 0.717) is 18.2 Å². The molecular formula is C19H17ClFN3O2. The van der Waals surface area contributed by atoms with Crippen molar-refractivity contribution in [2.75, 3.05) is 5.32 Å². The van der Waals surface area contributed by atoms with E-state index >= 15 is 0 Å². The molecule has 134 valence electrons. The fourth-order valence-corrected chi connectivity index (χ4v) is 2.69. The Morgan fingerprint density at radius 2 is 1.92 bits per heavy atom. The van der Waals surface area contributed by atoms with E-state index in [9.17, 15) is 9.18 Å². The number of rotatable bonds is 5. The molecule has 3 rings (SSSR count). The molecular weight excluding hydrogens is 357 g/mol. The van der Waals surface area contributed by atoms with Crippen molar-refractivity contribution in [1.29, 1.82) is 0 Å². The van der Waals surface area contributed by atoms with Gasteiger partial charge in [0.1, 0.15) is 5.82 Å². The fraction of sp³-hybridized carbons (Fsp3) is 0.211. The van der Waals surface area contributed by atoms with E-state index in [4.69, 9.17) is 16.0 Å². The molecule has 0 saturated carbocycles. The van der Waals surface area contributed by atoms with Gasteiger partial charge >= 0.3 is 6.01 Å². The minimum Gasteiger partial charge on any atom is -0.407 e. The molecule has 1 heterocycles. The van der Waals surface area contributed by atoms with Crippen LogP contribution in [0.25, 0.3) is 0 Å². The average molecular weight is 374 g/mol. The van der Waals surface area contributed by atoms with E-state index in [-0.39, 0.29) is 16.6 Å². The van der Waals surface area contributed by atoms with Crippen LogP contribution in [0.1, 0.15) is 47.1 Å². The number of benzene rings is 2. The second-order valence-corrected chi connectivity index (χ2v) is 6.53. The summed E-state index contributed by atoms with van der Waals surface area (Å²) in [7, 11) is 0. The number of carbonyl (C=O) groups is 1. The van der Waals surface area contributed by atoms with E-state index in [0.717, 1.165) is 11.6 Å². The molecule has 5 nitrogen and oxygen atoms in total. The molecule has 7 heteroatoms. The predicted molar refractivity (Wildman–Crippen MR) is 97.0 cm³/mol. The van der Waals surface area contributed by atoms with Crippen molar-refractivity contribution in [2.24, 2.45) is 0 Å². The van der Waals surface area contributed by atoms with Gasteiger partial charge in [-0.3, -0.25) is 10.1 Å². The van der Waals surface area contributed by atoms with Crippen LogP contribution in [0.15, 0.2) is 46.9 Å². The lowest BCUT2D eigenvalue weighted by molar-refractivity contribution is 0.102. The number of nitrogens with one attached hydrogen (secondary N) is 1.